The van der Waals surface area contributed by atoms with Crippen molar-refractivity contribution in [3.05, 3.63) is 51.7 Å². The fourth-order valence-corrected chi connectivity index (χ4v) is 5.40. The van der Waals surface area contributed by atoms with Crippen LogP contribution >= 0.6 is 11.3 Å². The first-order chi connectivity index (χ1) is 13.6. The molecular formula is C22H28N3O2S+. The van der Waals surface area contributed by atoms with Crippen LogP contribution in [0.25, 0.3) is 0 Å². The Labute approximate surface area is 170 Å². The van der Waals surface area contributed by atoms with Gasteiger partial charge < -0.3 is 15.5 Å². The van der Waals surface area contributed by atoms with E-state index in [1.807, 2.05) is 29.5 Å². The lowest BCUT2D eigenvalue weighted by molar-refractivity contribution is -0.923. The molecule has 148 valence electrons. The normalized spacial score (nSPS) is 21.9. The van der Waals surface area contributed by atoms with Gasteiger partial charge in [-0.2, -0.15) is 0 Å². The molecule has 1 unspecified atom stereocenters. The van der Waals surface area contributed by atoms with Gasteiger partial charge in [0.05, 0.1) is 17.8 Å². The molecule has 0 bridgehead atoms. The van der Waals surface area contributed by atoms with Gasteiger partial charge >= 0.3 is 0 Å². The molecule has 2 amide bonds. The van der Waals surface area contributed by atoms with Crippen molar-refractivity contribution in [2.24, 2.45) is 0 Å². The summed E-state index contributed by atoms with van der Waals surface area (Å²) >= 11 is 1.81. The largest absolute Gasteiger partial charge is 0.349 e. The van der Waals surface area contributed by atoms with Crippen molar-refractivity contribution >= 4 is 28.8 Å². The van der Waals surface area contributed by atoms with Gasteiger partial charge in [0.2, 0.25) is 0 Å². The zero-order valence-electron chi connectivity index (χ0n) is 16.3. The first-order valence-electron chi connectivity index (χ1n) is 10.2. The van der Waals surface area contributed by atoms with Gasteiger partial charge in [-0.1, -0.05) is 25.0 Å². The highest BCUT2D eigenvalue weighted by Gasteiger charge is 2.30. The maximum atomic E-state index is 12.7. The third-order valence-electron chi connectivity index (χ3n) is 6.06. The van der Waals surface area contributed by atoms with E-state index in [4.69, 9.17) is 0 Å². The van der Waals surface area contributed by atoms with E-state index in [1.54, 1.807) is 6.07 Å². The zero-order valence-corrected chi connectivity index (χ0v) is 17.1. The summed E-state index contributed by atoms with van der Waals surface area (Å²) < 4.78 is 0. The number of benzene rings is 1. The van der Waals surface area contributed by atoms with Crippen molar-refractivity contribution < 1.29 is 14.5 Å². The maximum absolute atomic E-state index is 12.7. The molecule has 0 saturated heterocycles. The van der Waals surface area contributed by atoms with E-state index in [0.29, 0.717) is 23.8 Å². The second kappa shape index (κ2) is 8.45. The van der Waals surface area contributed by atoms with Crippen molar-refractivity contribution in [1.29, 1.82) is 0 Å². The molecule has 1 aliphatic heterocycles. The van der Waals surface area contributed by atoms with Crippen LogP contribution in [0.1, 0.15) is 59.4 Å². The first kappa shape index (κ1) is 19.2. The summed E-state index contributed by atoms with van der Waals surface area (Å²) in [4.78, 5) is 28.1. The highest BCUT2D eigenvalue weighted by molar-refractivity contribution is 7.10. The monoisotopic (exact) mass is 398 g/mol. The molecule has 1 saturated carbocycles. The smallest absolute Gasteiger partial charge is 0.279 e. The molecule has 2 aromatic rings. The third kappa shape index (κ3) is 4.13. The van der Waals surface area contributed by atoms with Crippen molar-refractivity contribution in [3.8, 4) is 0 Å². The van der Waals surface area contributed by atoms with Gasteiger partial charge in [-0.3, -0.25) is 9.59 Å². The number of nitrogens with one attached hydrogen (secondary N) is 3. The van der Waals surface area contributed by atoms with Crippen LogP contribution in [0.2, 0.25) is 0 Å². The van der Waals surface area contributed by atoms with Crippen molar-refractivity contribution in [3.63, 3.8) is 0 Å². The maximum Gasteiger partial charge on any atom is 0.279 e. The molecular weight excluding hydrogens is 370 g/mol. The lowest BCUT2D eigenvalue weighted by Gasteiger charge is -2.30. The van der Waals surface area contributed by atoms with E-state index in [2.05, 4.69) is 29.0 Å². The second-order valence-electron chi connectivity index (χ2n) is 7.90. The van der Waals surface area contributed by atoms with E-state index in [-0.39, 0.29) is 17.9 Å². The fourth-order valence-electron chi connectivity index (χ4n) is 4.42. The van der Waals surface area contributed by atoms with Crippen LogP contribution in [0.3, 0.4) is 0 Å². The molecule has 2 aliphatic rings. The molecule has 2 heterocycles. The van der Waals surface area contributed by atoms with Gasteiger partial charge in [0.25, 0.3) is 11.8 Å². The van der Waals surface area contributed by atoms with E-state index in [1.165, 1.54) is 28.2 Å². The predicted octanol–water partition coefficient (Wildman–Crippen LogP) is 2.56. The molecule has 1 aromatic heterocycles. The third-order valence-corrected chi connectivity index (χ3v) is 7.05. The highest BCUT2D eigenvalue weighted by atomic mass is 32.1. The van der Waals surface area contributed by atoms with Crippen molar-refractivity contribution in [1.82, 2.24) is 5.32 Å². The minimum absolute atomic E-state index is 0.0401. The molecule has 6 heteroatoms. The van der Waals surface area contributed by atoms with E-state index in [0.717, 1.165) is 25.8 Å². The summed E-state index contributed by atoms with van der Waals surface area (Å²) in [6, 6.07) is 10.1. The Bertz CT molecular complexity index is 857. The summed E-state index contributed by atoms with van der Waals surface area (Å²) in [6.45, 7) is 3.57. The summed E-state index contributed by atoms with van der Waals surface area (Å²) in [6.07, 6.45) is 5.46. The minimum Gasteiger partial charge on any atom is -0.349 e. The van der Waals surface area contributed by atoms with E-state index < -0.39 is 0 Å². The number of hydrogen-bond donors (Lipinski definition) is 3. The van der Waals surface area contributed by atoms with Gasteiger partial charge in [0.1, 0.15) is 6.04 Å². The quantitative estimate of drug-likeness (QED) is 0.725. The zero-order chi connectivity index (χ0) is 19.5. The Kier molecular flexibility index (Phi) is 5.78. The number of carbonyl (C=O) groups excluding carboxylic acids is 2. The summed E-state index contributed by atoms with van der Waals surface area (Å²) in [7, 11) is 0. The van der Waals surface area contributed by atoms with Gasteiger partial charge in [-0.15, -0.1) is 11.3 Å². The molecule has 28 heavy (non-hydrogen) atoms. The van der Waals surface area contributed by atoms with E-state index in [9.17, 15) is 9.59 Å². The Morgan fingerprint density at radius 1 is 1.18 bits per heavy atom. The molecule has 0 radical (unpaired) electrons. The van der Waals surface area contributed by atoms with Crippen LogP contribution < -0.4 is 15.5 Å². The number of carbonyl (C=O) groups is 2. The van der Waals surface area contributed by atoms with Gasteiger partial charge in [-0.25, -0.2) is 0 Å². The summed E-state index contributed by atoms with van der Waals surface area (Å²) in [5.41, 5.74) is 2.52. The number of rotatable bonds is 5. The Balaban J connectivity index is 1.40. The second-order valence-corrected chi connectivity index (χ2v) is 8.91. The molecule has 2 atom stereocenters. The van der Waals surface area contributed by atoms with E-state index >= 15 is 0 Å². The number of quaternary nitrogens is 1. The lowest BCUT2D eigenvalue weighted by atomic mass is 10.0. The number of fused-ring (bicyclic) bond motifs is 1. The average Bonchev–Trinajstić information content (AvgIpc) is 3.36. The molecule has 1 aliphatic carbocycles. The van der Waals surface area contributed by atoms with Crippen LogP contribution in [-0.2, 0) is 11.2 Å². The number of amides is 2. The van der Waals surface area contributed by atoms with Gasteiger partial charge in [-0.05, 0) is 43.3 Å². The molecule has 0 spiro atoms. The van der Waals surface area contributed by atoms with Crippen LogP contribution in [0.4, 0.5) is 5.69 Å². The Hall–Kier alpha value is -2.18. The van der Waals surface area contributed by atoms with Crippen molar-refractivity contribution in [2.75, 3.05) is 18.4 Å². The van der Waals surface area contributed by atoms with Crippen molar-refractivity contribution in [2.45, 2.75) is 51.1 Å². The lowest BCUT2D eigenvalue weighted by Crippen LogP contribution is -3.14. The average molecular weight is 399 g/mol. The van der Waals surface area contributed by atoms with Gasteiger partial charge in [0, 0.05) is 22.9 Å². The minimum atomic E-state index is -0.0931. The molecule has 1 aromatic carbocycles. The number of hydrogen-bond acceptors (Lipinski definition) is 3. The van der Waals surface area contributed by atoms with Crippen LogP contribution in [0.15, 0.2) is 35.7 Å². The topological polar surface area (TPSA) is 62.6 Å². The molecule has 4 rings (SSSR count). The van der Waals surface area contributed by atoms with Crippen LogP contribution in [0, 0.1) is 0 Å². The Morgan fingerprint density at radius 2 is 1.96 bits per heavy atom. The summed E-state index contributed by atoms with van der Waals surface area (Å²) in [5.74, 6) is -0.133. The standard InChI is InChI=1S/C22H27N3O2S/c1-15-17-11-13-28-20(17)10-12-25(15)14-21(26)24-19-9-5-4-8-18(19)22(27)23-16-6-2-3-7-16/h4-5,8-9,11,13,15-16H,2-3,6-7,10,12,14H2,1H3,(H,23,27)(H,24,26)/p+1/t15-/m0/s1. The summed E-state index contributed by atoms with van der Waals surface area (Å²) in [5, 5.41) is 8.24. The van der Waals surface area contributed by atoms with Crippen LogP contribution in [0.5, 0.6) is 0 Å². The van der Waals surface area contributed by atoms with Gasteiger partial charge in [0.15, 0.2) is 6.54 Å². The fraction of sp³-hybridized carbons (Fsp3) is 0.455. The molecule has 5 nitrogen and oxygen atoms in total. The highest BCUT2D eigenvalue weighted by Crippen LogP contribution is 2.24. The SMILES string of the molecule is C[C@H]1c2ccsc2CC[NH+]1CC(=O)Nc1ccccc1C(=O)NC1CCCC1. The molecule has 1 fully saturated rings. The number of thiophene rings is 1. The first-order valence-corrected chi connectivity index (χ1v) is 11.1. The predicted molar refractivity (Wildman–Crippen MR) is 112 cm³/mol. The number of para-hydroxylation sites is 1. The number of anilines is 1. The molecule has 3 N–H and O–H groups in total. The Morgan fingerprint density at radius 3 is 2.79 bits per heavy atom. The van der Waals surface area contributed by atoms with Crippen LogP contribution in [-0.4, -0.2) is 30.9 Å².